The number of hydrogen-bond acceptors (Lipinski definition) is 6. The van der Waals surface area contributed by atoms with Crippen molar-refractivity contribution in [3.8, 4) is 17.2 Å². The Labute approximate surface area is 151 Å². The van der Waals surface area contributed by atoms with Crippen LogP contribution in [0.1, 0.15) is 16.7 Å². The summed E-state index contributed by atoms with van der Waals surface area (Å²) in [7, 11) is 4.64. The molecule has 0 bridgehead atoms. The van der Waals surface area contributed by atoms with Gasteiger partial charge in [0.15, 0.2) is 5.70 Å². The van der Waals surface area contributed by atoms with Gasteiger partial charge in [-0.2, -0.15) is 0 Å². The van der Waals surface area contributed by atoms with Crippen molar-refractivity contribution in [2.24, 2.45) is 4.99 Å². The summed E-state index contributed by atoms with van der Waals surface area (Å²) in [5, 5.41) is 0. The molecule has 0 unspecified atom stereocenters. The second kappa shape index (κ2) is 7.31. The molecule has 3 rings (SSSR count). The van der Waals surface area contributed by atoms with Gasteiger partial charge >= 0.3 is 5.97 Å². The predicted molar refractivity (Wildman–Crippen MR) is 97.9 cm³/mol. The summed E-state index contributed by atoms with van der Waals surface area (Å²) >= 11 is 0. The zero-order valence-electron chi connectivity index (χ0n) is 15.0. The van der Waals surface area contributed by atoms with Crippen molar-refractivity contribution >= 4 is 17.9 Å². The maximum atomic E-state index is 12.3. The summed E-state index contributed by atoms with van der Waals surface area (Å²) in [5.41, 5.74) is 2.46. The van der Waals surface area contributed by atoms with Crippen LogP contribution in [0.5, 0.6) is 17.2 Å². The molecular weight excluding hydrogens is 334 g/mol. The molecule has 0 radical (unpaired) electrons. The lowest BCUT2D eigenvalue weighted by atomic mass is 10.1. The molecule has 0 N–H and O–H groups in total. The third-order valence-corrected chi connectivity index (χ3v) is 3.94. The number of methoxy groups -OCH3 is 3. The Bertz CT molecular complexity index is 892. The van der Waals surface area contributed by atoms with Crippen LogP contribution >= 0.6 is 0 Å². The molecule has 1 aliphatic heterocycles. The van der Waals surface area contributed by atoms with Crippen LogP contribution in [0.2, 0.25) is 0 Å². The van der Waals surface area contributed by atoms with Gasteiger partial charge in [-0.3, -0.25) is 0 Å². The lowest BCUT2D eigenvalue weighted by molar-refractivity contribution is -0.129. The zero-order valence-corrected chi connectivity index (χ0v) is 15.0. The van der Waals surface area contributed by atoms with Gasteiger partial charge in [0.2, 0.25) is 5.90 Å². The molecule has 0 spiro atoms. The van der Waals surface area contributed by atoms with Gasteiger partial charge in [0.05, 0.1) is 21.3 Å². The minimum absolute atomic E-state index is 0.141. The zero-order chi connectivity index (χ0) is 18.7. The number of nitrogens with zero attached hydrogens (tertiary/aromatic N) is 1. The molecule has 2 aromatic carbocycles. The topological polar surface area (TPSA) is 66.3 Å². The van der Waals surface area contributed by atoms with Crippen LogP contribution < -0.4 is 14.2 Å². The first-order valence-corrected chi connectivity index (χ1v) is 7.96. The summed E-state index contributed by atoms with van der Waals surface area (Å²) in [5.74, 6) is 1.25. The molecule has 0 saturated heterocycles. The van der Waals surface area contributed by atoms with Gasteiger partial charge in [-0.15, -0.1) is 0 Å². The maximum Gasteiger partial charge on any atom is 0.363 e. The van der Waals surface area contributed by atoms with Crippen LogP contribution in [-0.2, 0) is 9.53 Å². The first kappa shape index (κ1) is 17.5. The highest BCUT2D eigenvalue weighted by Gasteiger charge is 2.29. The van der Waals surface area contributed by atoms with Crippen molar-refractivity contribution in [3.63, 3.8) is 0 Å². The van der Waals surface area contributed by atoms with Gasteiger partial charge in [-0.1, -0.05) is 17.7 Å². The van der Waals surface area contributed by atoms with E-state index >= 15 is 0 Å². The molecule has 0 aliphatic carbocycles. The standard InChI is InChI=1S/C20H19NO5/c1-12-8-9-15(23-2)13(10-12)11-14-20(22)26-19(21-14)18-16(24-3)6-5-7-17(18)25-4/h5-11H,1-4H3/b14-11+. The van der Waals surface area contributed by atoms with Crippen molar-refractivity contribution < 1.29 is 23.7 Å². The number of carbonyl (C=O) groups excluding carboxylic acids is 1. The van der Waals surface area contributed by atoms with E-state index in [4.69, 9.17) is 18.9 Å². The Hall–Kier alpha value is -3.28. The fourth-order valence-corrected chi connectivity index (χ4v) is 2.69. The molecule has 0 aromatic heterocycles. The van der Waals surface area contributed by atoms with E-state index in [0.717, 1.165) is 11.1 Å². The number of benzene rings is 2. The number of aliphatic imine (C=N–C) groups is 1. The molecule has 134 valence electrons. The third kappa shape index (κ3) is 3.26. The minimum Gasteiger partial charge on any atom is -0.496 e. The van der Waals surface area contributed by atoms with Gasteiger partial charge in [0.25, 0.3) is 0 Å². The van der Waals surface area contributed by atoms with Gasteiger partial charge in [0, 0.05) is 5.56 Å². The smallest absolute Gasteiger partial charge is 0.363 e. The van der Waals surface area contributed by atoms with Crippen molar-refractivity contribution in [1.29, 1.82) is 0 Å². The molecule has 1 heterocycles. The molecule has 0 atom stereocenters. The quantitative estimate of drug-likeness (QED) is 0.609. The summed E-state index contributed by atoms with van der Waals surface area (Å²) in [6.45, 7) is 1.96. The average Bonchev–Trinajstić information content (AvgIpc) is 3.01. The number of hydrogen-bond donors (Lipinski definition) is 0. The van der Waals surface area contributed by atoms with E-state index in [1.165, 1.54) is 14.2 Å². The van der Waals surface area contributed by atoms with E-state index in [1.54, 1.807) is 31.4 Å². The van der Waals surface area contributed by atoms with Crippen molar-refractivity contribution in [3.05, 3.63) is 58.8 Å². The average molecular weight is 353 g/mol. The van der Waals surface area contributed by atoms with Crippen LogP contribution in [0, 0.1) is 6.92 Å². The minimum atomic E-state index is -0.545. The Kier molecular flexibility index (Phi) is 4.93. The fourth-order valence-electron chi connectivity index (χ4n) is 2.69. The van der Waals surface area contributed by atoms with E-state index in [9.17, 15) is 4.79 Å². The van der Waals surface area contributed by atoms with E-state index < -0.39 is 5.97 Å². The van der Waals surface area contributed by atoms with Crippen molar-refractivity contribution in [2.45, 2.75) is 6.92 Å². The molecular formula is C20H19NO5. The second-order valence-electron chi connectivity index (χ2n) is 5.62. The van der Waals surface area contributed by atoms with Crippen molar-refractivity contribution in [2.75, 3.05) is 21.3 Å². The summed E-state index contributed by atoms with van der Waals surface area (Å²) in [6.07, 6.45) is 1.64. The van der Waals surface area contributed by atoms with Gasteiger partial charge in [-0.05, 0) is 37.3 Å². The number of esters is 1. The largest absolute Gasteiger partial charge is 0.496 e. The second-order valence-corrected chi connectivity index (χ2v) is 5.62. The Balaban J connectivity index is 2.08. The monoisotopic (exact) mass is 353 g/mol. The Morgan fingerprint density at radius 2 is 1.62 bits per heavy atom. The fraction of sp³-hybridized carbons (Fsp3) is 0.200. The molecule has 1 aliphatic rings. The Morgan fingerprint density at radius 1 is 0.962 bits per heavy atom. The van der Waals surface area contributed by atoms with Gasteiger partial charge < -0.3 is 18.9 Å². The predicted octanol–water partition coefficient (Wildman–Crippen LogP) is 3.37. The first-order valence-electron chi connectivity index (χ1n) is 7.96. The highest BCUT2D eigenvalue weighted by Crippen LogP contribution is 2.33. The van der Waals surface area contributed by atoms with Crippen LogP contribution in [0.15, 0.2) is 47.1 Å². The van der Waals surface area contributed by atoms with E-state index in [2.05, 4.69) is 4.99 Å². The molecule has 0 fully saturated rings. The molecule has 0 saturated carbocycles. The number of ether oxygens (including phenoxy) is 4. The van der Waals surface area contributed by atoms with E-state index in [-0.39, 0.29) is 11.6 Å². The maximum absolute atomic E-state index is 12.3. The van der Waals surface area contributed by atoms with E-state index in [0.29, 0.717) is 22.8 Å². The highest BCUT2D eigenvalue weighted by molar-refractivity contribution is 6.15. The lowest BCUT2D eigenvalue weighted by Crippen LogP contribution is -2.09. The molecule has 0 amide bonds. The van der Waals surface area contributed by atoms with Crippen LogP contribution in [0.25, 0.3) is 6.08 Å². The van der Waals surface area contributed by atoms with Gasteiger partial charge in [-0.25, -0.2) is 9.79 Å². The molecule has 26 heavy (non-hydrogen) atoms. The molecule has 6 nitrogen and oxygen atoms in total. The number of carbonyl (C=O) groups is 1. The third-order valence-electron chi connectivity index (χ3n) is 3.94. The highest BCUT2D eigenvalue weighted by atomic mass is 16.6. The Morgan fingerprint density at radius 3 is 2.23 bits per heavy atom. The number of cyclic esters (lactones) is 1. The summed E-state index contributed by atoms with van der Waals surface area (Å²) in [6, 6.07) is 11.0. The van der Waals surface area contributed by atoms with E-state index in [1.807, 2.05) is 25.1 Å². The van der Waals surface area contributed by atoms with Gasteiger partial charge in [0.1, 0.15) is 22.8 Å². The number of aryl methyl sites for hydroxylation is 1. The normalized spacial score (nSPS) is 14.8. The molecule has 2 aromatic rings. The lowest BCUT2D eigenvalue weighted by Gasteiger charge is -2.11. The molecule has 6 heteroatoms. The number of rotatable bonds is 5. The van der Waals surface area contributed by atoms with Crippen LogP contribution in [0.4, 0.5) is 0 Å². The van der Waals surface area contributed by atoms with Crippen LogP contribution in [-0.4, -0.2) is 33.2 Å². The SMILES string of the molecule is COc1ccc(C)cc1/C=C1/N=C(c2c(OC)cccc2OC)OC1=O. The first-order chi connectivity index (χ1) is 12.6. The summed E-state index contributed by atoms with van der Waals surface area (Å²) in [4.78, 5) is 16.7. The van der Waals surface area contributed by atoms with Crippen molar-refractivity contribution in [1.82, 2.24) is 0 Å². The summed E-state index contributed by atoms with van der Waals surface area (Å²) < 4.78 is 21.4. The van der Waals surface area contributed by atoms with Crippen LogP contribution in [0.3, 0.4) is 0 Å².